The van der Waals surface area contributed by atoms with E-state index in [1.54, 1.807) is 20.8 Å². The van der Waals surface area contributed by atoms with Gasteiger partial charge in [-0.05, 0) is 58.8 Å². The Hall–Kier alpha value is -2.32. The molecule has 0 bridgehead atoms. The van der Waals surface area contributed by atoms with Crippen LogP contribution < -0.4 is 10.6 Å². The molecule has 9 nitrogen and oxygen atoms in total. The Bertz CT molecular complexity index is 726. The number of carbonyl (C=O) groups excluding carboxylic acids is 3. The van der Waals surface area contributed by atoms with Gasteiger partial charge in [-0.1, -0.05) is 39.5 Å². The molecule has 0 aromatic heterocycles. The lowest BCUT2D eigenvalue weighted by molar-refractivity contribution is -0.145. The van der Waals surface area contributed by atoms with Crippen LogP contribution in [-0.4, -0.2) is 63.7 Å². The molecule has 2 atom stereocenters. The molecule has 0 aromatic carbocycles. The lowest BCUT2D eigenvalue weighted by atomic mass is 10.0. The summed E-state index contributed by atoms with van der Waals surface area (Å²) in [7, 11) is 0. The Kier molecular flexibility index (Phi) is 9.14. The normalized spacial score (nSPS) is 20.3. The van der Waals surface area contributed by atoms with Crippen LogP contribution in [0.15, 0.2) is 0 Å². The fraction of sp³-hybridized carbons (Fsp3) is 0.833. The maximum Gasteiger partial charge on any atom is 0.408 e. The highest BCUT2D eigenvalue weighted by Crippen LogP contribution is 2.36. The van der Waals surface area contributed by atoms with Crippen LogP contribution in [0.4, 0.5) is 4.79 Å². The first kappa shape index (κ1) is 26.9. The molecule has 1 heterocycles. The molecule has 0 spiro atoms. The van der Waals surface area contributed by atoms with Crippen molar-refractivity contribution in [2.45, 2.75) is 116 Å². The zero-order valence-electron chi connectivity index (χ0n) is 20.7. The van der Waals surface area contributed by atoms with Crippen molar-refractivity contribution in [2.75, 3.05) is 6.54 Å². The van der Waals surface area contributed by atoms with Crippen molar-refractivity contribution < 1.29 is 29.0 Å². The van der Waals surface area contributed by atoms with Crippen molar-refractivity contribution >= 4 is 23.9 Å². The second-order valence-corrected chi connectivity index (χ2v) is 10.8. The second kappa shape index (κ2) is 11.2. The van der Waals surface area contributed by atoms with Crippen molar-refractivity contribution in [2.24, 2.45) is 5.92 Å². The average Bonchev–Trinajstić information content (AvgIpc) is 3.30. The van der Waals surface area contributed by atoms with Crippen molar-refractivity contribution in [1.29, 1.82) is 0 Å². The highest BCUT2D eigenvalue weighted by Gasteiger charge is 2.53. The number of amides is 3. The van der Waals surface area contributed by atoms with Gasteiger partial charge in [-0.15, -0.1) is 0 Å². The molecule has 33 heavy (non-hydrogen) atoms. The Morgan fingerprint density at radius 3 is 2.27 bits per heavy atom. The highest BCUT2D eigenvalue weighted by atomic mass is 16.6. The van der Waals surface area contributed by atoms with Crippen LogP contribution in [0.3, 0.4) is 0 Å². The van der Waals surface area contributed by atoms with Gasteiger partial charge in [0.15, 0.2) is 0 Å². The molecule has 1 aliphatic heterocycles. The molecule has 1 saturated carbocycles. The first-order valence-corrected chi connectivity index (χ1v) is 12.2. The lowest BCUT2D eigenvalue weighted by Crippen LogP contribution is -2.56. The molecule has 3 amide bonds. The summed E-state index contributed by atoms with van der Waals surface area (Å²) in [5.41, 5.74) is -1.89. The van der Waals surface area contributed by atoms with Gasteiger partial charge in [0.05, 0.1) is 0 Å². The standard InChI is InChI=1S/C24H41N3O6/c1-16(2)10-7-6-8-11-17(25-22(32)33-23(3,4)5)20(29)27-15-9-12-18(27)19(28)26-24(13-14-24)21(30)31/h16-18H,6-15H2,1-5H3,(H,25,32)(H,26,28)(H,30,31)/t17-,18-/m0/s1. The maximum atomic E-state index is 13.4. The van der Waals surface area contributed by atoms with Gasteiger partial charge in [0.1, 0.15) is 23.2 Å². The number of ether oxygens (including phenoxy) is 1. The van der Waals surface area contributed by atoms with Crippen molar-refractivity contribution in [3.8, 4) is 0 Å². The summed E-state index contributed by atoms with van der Waals surface area (Å²) in [6.07, 6.45) is 5.59. The van der Waals surface area contributed by atoms with E-state index in [0.717, 1.165) is 25.7 Å². The topological polar surface area (TPSA) is 125 Å². The van der Waals surface area contributed by atoms with E-state index in [2.05, 4.69) is 24.5 Å². The number of hydrogen-bond acceptors (Lipinski definition) is 5. The molecular formula is C24H41N3O6. The smallest absolute Gasteiger partial charge is 0.408 e. The molecule has 3 N–H and O–H groups in total. The summed E-state index contributed by atoms with van der Waals surface area (Å²) in [6, 6.07) is -1.51. The summed E-state index contributed by atoms with van der Waals surface area (Å²) in [4.78, 5) is 51.6. The molecule has 1 saturated heterocycles. The predicted octanol–water partition coefficient (Wildman–Crippen LogP) is 3.21. The average molecular weight is 468 g/mol. The number of alkyl carbamates (subject to hydrolysis) is 1. The monoisotopic (exact) mass is 467 g/mol. The number of rotatable bonds is 11. The van der Waals surface area contributed by atoms with Crippen LogP contribution in [0.25, 0.3) is 0 Å². The van der Waals surface area contributed by atoms with Gasteiger partial charge in [0, 0.05) is 6.54 Å². The van der Waals surface area contributed by atoms with Crippen molar-refractivity contribution in [3.05, 3.63) is 0 Å². The van der Waals surface area contributed by atoms with Gasteiger partial charge in [0.2, 0.25) is 11.8 Å². The van der Waals surface area contributed by atoms with Crippen LogP contribution in [0.2, 0.25) is 0 Å². The number of carboxylic acid groups (broad SMARTS) is 1. The van der Waals surface area contributed by atoms with Crippen LogP contribution in [0.5, 0.6) is 0 Å². The highest BCUT2D eigenvalue weighted by molar-refractivity contribution is 5.95. The van der Waals surface area contributed by atoms with Crippen LogP contribution in [0, 0.1) is 5.92 Å². The zero-order chi connectivity index (χ0) is 24.8. The van der Waals surface area contributed by atoms with Crippen LogP contribution >= 0.6 is 0 Å². The third-order valence-electron chi connectivity index (χ3n) is 6.12. The van der Waals surface area contributed by atoms with Gasteiger partial charge < -0.3 is 25.4 Å². The summed E-state index contributed by atoms with van der Waals surface area (Å²) < 4.78 is 5.35. The van der Waals surface area contributed by atoms with Gasteiger partial charge in [-0.3, -0.25) is 9.59 Å². The molecule has 0 radical (unpaired) electrons. The maximum absolute atomic E-state index is 13.4. The van der Waals surface area contributed by atoms with E-state index in [-0.39, 0.29) is 5.91 Å². The lowest BCUT2D eigenvalue weighted by Gasteiger charge is -2.30. The molecule has 2 aliphatic rings. The number of carboxylic acids is 1. The largest absolute Gasteiger partial charge is 0.480 e. The summed E-state index contributed by atoms with van der Waals surface area (Å²) in [6.45, 7) is 10.0. The van der Waals surface area contributed by atoms with Crippen LogP contribution in [-0.2, 0) is 19.1 Å². The summed E-state index contributed by atoms with van der Waals surface area (Å²) in [5.74, 6) is -1.18. The number of nitrogens with one attached hydrogen (secondary N) is 2. The van der Waals surface area contributed by atoms with Gasteiger partial charge >= 0.3 is 12.1 Å². The van der Waals surface area contributed by atoms with E-state index in [1.807, 2.05) is 0 Å². The fourth-order valence-corrected chi connectivity index (χ4v) is 4.12. The van der Waals surface area contributed by atoms with E-state index in [0.29, 0.717) is 44.6 Å². The number of likely N-dealkylation sites (tertiary alicyclic amines) is 1. The van der Waals surface area contributed by atoms with Crippen LogP contribution in [0.1, 0.15) is 92.4 Å². The third kappa shape index (κ3) is 8.19. The number of nitrogens with zero attached hydrogens (tertiary/aromatic N) is 1. The number of hydrogen-bond donors (Lipinski definition) is 3. The van der Waals surface area contributed by atoms with Crippen molar-refractivity contribution in [1.82, 2.24) is 15.5 Å². The third-order valence-corrected chi connectivity index (χ3v) is 6.12. The Labute approximate surface area is 197 Å². The van der Waals surface area contributed by atoms with E-state index in [1.165, 1.54) is 4.90 Å². The van der Waals surface area contributed by atoms with E-state index in [9.17, 15) is 24.3 Å². The molecule has 2 fully saturated rings. The summed E-state index contributed by atoms with van der Waals surface area (Å²) >= 11 is 0. The second-order valence-electron chi connectivity index (χ2n) is 10.8. The minimum Gasteiger partial charge on any atom is -0.480 e. The van der Waals surface area contributed by atoms with E-state index < -0.39 is 41.2 Å². The summed E-state index contributed by atoms with van der Waals surface area (Å²) in [5, 5.41) is 14.7. The quantitative estimate of drug-likeness (QED) is 0.401. The van der Waals surface area contributed by atoms with E-state index in [4.69, 9.17) is 4.74 Å². The molecule has 2 rings (SSSR count). The minimum absolute atomic E-state index is 0.317. The van der Waals surface area contributed by atoms with Gasteiger partial charge in [-0.2, -0.15) is 0 Å². The van der Waals surface area contributed by atoms with E-state index >= 15 is 0 Å². The number of aliphatic carboxylic acids is 1. The Morgan fingerprint density at radius 2 is 1.73 bits per heavy atom. The molecule has 1 aliphatic carbocycles. The molecule has 0 unspecified atom stereocenters. The van der Waals surface area contributed by atoms with Crippen molar-refractivity contribution in [3.63, 3.8) is 0 Å². The first-order chi connectivity index (χ1) is 15.3. The molecule has 188 valence electrons. The fourth-order valence-electron chi connectivity index (χ4n) is 4.12. The van der Waals surface area contributed by atoms with Gasteiger partial charge in [0.25, 0.3) is 0 Å². The zero-order valence-corrected chi connectivity index (χ0v) is 20.7. The number of unbranched alkanes of at least 4 members (excludes halogenated alkanes) is 2. The minimum atomic E-state index is -1.20. The Morgan fingerprint density at radius 1 is 1.09 bits per heavy atom. The molecule has 0 aromatic rings. The number of carbonyl (C=O) groups is 4. The predicted molar refractivity (Wildman–Crippen MR) is 124 cm³/mol. The molecule has 9 heteroatoms. The first-order valence-electron chi connectivity index (χ1n) is 12.2. The molecular weight excluding hydrogens is 426 g/mol. The van der Waals surface area contributed by atoms with Gasteiger partial charge in [-0.25, -0.2) is 9.59 Å². The SMILES string of the molecule is CC(C)CCCCC[C@H](NC(=O)OC(C)(C)C)C(=O)N1CCC[C@H]1C(=O)NC1(C(=O)O)CC1. The Balaban J connectivity index is 2.04.